The number of fused-ring (bicyclic) bond motifs is 1. The summed E-state index contributed by atoms with van der Waals surface area (Å²) in [4.78, 5) is 51.3. The summed E-state index contributed by atoms with van der Waals surface area (Å²) < 4.78 is 44.9. The van der Waals surface area contributed by atoms with Crippen LogP contribution in [0.15, 0.2) is 47.4 Å². The molecule has 12 nitrogen and oxygen atoms in total. The second-order valence-corrected chi connectivity index (χ2v) is 11.9. The van der Waals surface area contributed by atoms with Crippen molar-refractivity contribution < 1.29 is 27.5 Å². The van der Waals surface area contributed by atoms with Crippen molar-refractivity contribution >= 4 is 46.5 Å². The number of benzene rings is 1. The number of ether oxygens (including phenoxy) is 1. The zero-order chi connectivity index (χ0) is 36.0. The van der Waals surface area contributed by atoms with E-state index in [9.17, 15) is 27.6 Å². The van der Waals surface area contributed by atoms with E-state index in [1.807, 2.05) is 37.0 Å². The van der Waals surface area contributed by atoms with Crippen LogP contribution >= 0.6 is 11.6 Å². The largest absolute Gasteiger partial charge is 0.416 e. The van der Waals surface area contributed by atoms with Gasteiger partial charge in [-0.05, 0) is 54.7 Å². The standard InChI is InChI=1S/C26H31N7O4.C8H7ClF3N/c1-3-18-6-5-9-27-21(18)24(35)31-12-10-30(11-13-31)22-20(4-2)32(14-15-34)26-28-23(29-33(26)25(22)36)19-7-16-37-17-8-19;1-13-7-3-2-5(4-6(7)9)8(10,11)12/h5-7,9,15H,3-4,8,10-14,16-17H2,1-2H3;2-4,13H,1H3. The van der Waals surface area contributed by atoms with Crippen LogP contribution in [-0.4, -0.2) is 87.7 Å². The Labute approximate surface area is 291 Å². The Morgan fingerprint density at radius 1 is 1.12 bits per heavy atom. The Kier molecular flexibility index (Phi) is 11.6. The first-order valence-electron chi connectivity index (χ1n) is 16.3. The molecule has 16 heteroatoms. The number of hydrogen-bond acceptors (Lipinski definition) is 9. The third-order valence-corrected chi connectivity index (χ3v) is 8.90. The Bertz CT molecular complexity index is 1950. The molecule has 0 aliphatic carbocycles. The van der Waals surface area contributed by atoms with Gasteiger partial charge in [-0.1, -0.05) is 37.6 Å². The van der Waals surface area contributed by atoms with E-state index in [0.717, 1.165) is 41.7 Å². The van der Waals surface area contributed by atoms with Gasteiger partial charge in [-0.2, -0.15) is 22.7 Å². The van der Waals surface area contributed by atoms with Crippen LogP contribution in [0.25, 0.3) is 11.4 Å². The first kappa shape index (κ1) is 36.5. The average Bonchev–Trinajstić information content (AvgIpc) is 3.59. The van der Waals surface area contributed by atoms with Gasteiger partial charge < -0.3 is 29.2 Å². The zero-order valence-electron chi connectivity index (χ0n) is 28.0. The van der Waals surface area contributed by atoms with Gasteiger partial charge in [-0.15, -0.1) is 5.10 Å². The molecule has 0 bridgehead atoms. The summed E-state index contributed by atoms with van der Waals surface area (Å²) in [6, 6.07) is 6.95. The molecule has 0 unspecified atom stereocenters. The maximum Gasteiger partial charge on any atom is 0.416 e. The number of anilines is 2. The normalized spacial score (nSPS) is 15.0. The summed E-state index contributed by atoms with van der Waals surface area (Å²) in [5.41, 5.74) is 3.06. The number of amides is 1. The molecule has 0 spiro atoms. The maximum atomic E-state index is 13.8. The lowest BCUT2D eigenvalue weighted by Crippen LogP contribution is -2.51. The highest BCUT2D eigenvalue weighted by molar-refractivity contribution is 6.33. The molecule has 0 radical (unpaired) electrons. The fraction of sp³-hybridized carbons (Fsp3) is 0.412. The van der Waals surface area contributed by atoms with Crippen LogP contribution in [0.4, 0.5) is 24.5 Å². The summed E-state index contributed by atoms with van der Waals surface area (Å²) in [6.07, 6.45) is 1.98. The molecule has 1 aromatic carbocycles. The van der Waals surface area contributed by atoms with Crippen LogP contribution in [0.1, 0.15) is 53.4 Å². The molecule has 0 atom stereocenters. The number of carbonyl (C=O) groups excluding carboxylic acids is 2. The predicted octanol–water partition coefficient (Wildman–Crippen LogP) is 4.78. The second-order valence-electron chi connectivity index (χ2n) is 11.5. The van der Waals surface area contributed by atoms with Crippen molar-refractivity contribution in [2.24, 2.45) is 0 Å². The van der Waals surface area contributed by atoms with E-state index in [4.69, 9.17) is 16.3 Å². The van der Waals surface area contributed by atoms with Gasteiger partial charge in [-0.3, -0.25) is 14.6 Å². The highest BCUT2D eigenvalue weighted by Crippen LogP contribution is 2.33. The SMILES string of the molecule is CCc1cccnc1C(=O)N1CCN(c2c(CC)n(CC=O)c3nc(C4=CCOCC4)nn3c2=O)CC1.CNc1ccc(C(F)(F)F)cc1Cl. The number of carbonyl (C=O) groups is 2. The van der Waals surface area contributed by atoms with E-state index in [2.05, 4.69) is 20.4 Å². The third kappa shape index (κ3) is 7.68. The Balaban J connectivity index is 0.000000315. The number of pyridine rings is 1. The summed E-state index contributed by atoms with van der Waals surface area (Å²) in [6.45, 7) is 6.98. The lowest BCUT2D eigenvalue weighted by atomic mass is 10.1. The number of hydrogen-bond donors (Lipinski definition) is 1. The molecule has 3 aromatic heterocycles. The second kappa shape index (κ2) is 15.9. The number of nitrogens with zero attached hydrogens (tertiary/aromatic N) is 7. The van der Waals surface area contributed by atoms with Crippen LogP contribution in [-0.2, 0) is 35.1 Å². The minimum atomic E-state index is -4.34. The number of alkyl halides is 3. The van der Waals surface area contributed by atoms with Gasteiger partial charge in [-0.25, -0.2) is 0 Å². The van der Waals surface area contributed by atoms with E-state index in [1.165, 1.54) is 10.6 Å². The monoisotopic (exact) mass is 714 g/mol. The van der Waals surface area contributed by atoms with Crippen molar-refractivity contribution in [2.75, 3.05) is 56.7 Å². The molecule has 1 N–H and O–H groups in total. The van der Waals surface area contributed by atoms with Crippen molar-refractivity contribution in [2.45, 2.75) is 45.8 Å². The summed E-state index contributed by atoms with van der Waals surface area (Å²) in [5, 5.41) is 7.29. The third-order valence-electron chi connectivity index (χ3n) is 8.59. The van der Waals surface area contributed by atoms with Crippen molar-refractivity contribution in [3.8, 4) is 0 Å². The maximum absolute atomic E-state index is 13.8. The number of rotatable bonds is 8. The summed E-state index contributed by atoms with van der Waals surface area (Å²) in [7, 11) is 1.59. The number of halogens is 4. The van der Waals surface area contributed by atoms with Gasteiger partial charge in [0.1, 0.15) is 17.7 Å². The molecule has 1 amide bonds. The lowest BCUT2D eigenvalue weighted by Gasteiger charge is -2.36. The number of piperazine rings is 1. The smallest absolute Gasteiger partial charge is 0.387 e. The van der Waals surface area contributed by atoms with Crippen LogP contribution in [0.3, 0.4) is 0 Å². The first-order valence-corrected chi connectivity index (χ1v) is 16.7. The summed E-state index contributed by atoms with van der Waals surface area (Å²) >= 11 is 5.57. The minimum Gasteiger partial charge on any atom is -0.387 e. The predicted molar refractivity (Wildman–Crippen MR) is 184 cm³/mol. The molecule has 266 valence electrons. The van der Waals surface area contributed by atoms with E-state index < -0.39 is 11.7 Å². The highest BCUT2D eigenvalue weighted by atomic mass is 35.5. The van der Waals surface area contributed by atoms with Crippen LogP contribution in [0.2, 0.25) is 5.02 Å². The Morgan fingerprint density at radius 3 is 2.48 bits per heavy atom. The first-order chi connectivity index (χ1) is 24.0. The van der Waals surface area contributed by atoms with Crippen molar-refractivity contribution in [3.63, 3.8) is 0 Å². The van der Waals surface area contributed by atoms with Crippen LogP contribution < -0.4 is 15.8 Å². The summed E-state index contributed by atoms with van der Waals surface area (Å²) in [5.74, 6) is 0.750. The molecule has 5 heterocycles. The molecule has 2 aliphatic rings. The van der Waals surface area contributed by atoms with Gasteiger partial charge in [0.15, 0.2) is 5.82 Å². The van der Waals surface area contributed by atoms with Gasteiger partial charge >= 0.3 is 6.18 Å². The van der Waals surface area contributed by atoms with Crippen LogP contribution in [0.5, 0.6) is 0 Å². The molecular weight excluding hydrogens is 677 g/mol. The number of aryl methyl sites for hydroxylation is 1. The zero-order valence-corrected chi connectivity index (χ0v) is 28.7. The molecule has 50 heavy (non-hydrogen) atoms. The molecule has 6 rings (SSSR count). The number of aldehydes is 1. The molecule has 0 saturated carbocycles. The Morgan fingerprint density at radius 2 is 1.88 bits per heavy atom. The Hall–Kier alpha value is -4.76. The quantitative estimate of drug-likeness (QED) is 0.257. The molecule has 2 aliphatic heterocycles. The molecule has 1 fully saturated rings. The van der Waals surface area contributed by atoms with E-state index in [1.54, 1.807) is 22.7 Å². The minimum absolute atomic E-state index is 0.0670. The van der Waals surface area contributed by atoms with Gasteiger partial charge in [0.05, 0.1) is 41.7 Å². The van der Waals surface area contributed by atoms with E-state index in [0.29, 0.717) is 80.9 Å². The van der Waals surface area contributed by atoms with Gasteiger partial charge in [0.25, 0.3) is 11.5 Å². The lowest BCUT2D eigenvalue weighted by molar-refractivity contribution is -0.137. The van der Waals surface area contributed by atoms with Crippen molar-refractivity contribution in [1.82, 2.24) is 29.0 Å². The fourth-order valence-corrected chi connectivity index (χ4v) is 6.26. The molecule has 4 aromatic rings. The van der Waals surface area contributed by atoms with Gasteiger partial charge in [0, 0.05) is 39.4 Å². The fourth-order valence-electron chi connectivity index (χ4n) is 5.99. The van der Waals surface area contributed by atoms with Crippen molar-refractivity contribution in [1.29, 1.82) is 0 Å². The molecular formula is C34H38ClF3N8O4. The topological polar surface area (TPSA) is 127 Å². The highest BCUT2D eigenvalue weighted by Gasteiger charge is 2.31. The van der Waals surface area contributed by atoms with Gasteiger partial charge in [0.2, 0.25) is 5.78 Å². The van der Waals surface area contributed by atoms with Crippen molar-refractivity contribution in [3.05, 3.63) is 86.3 Å². The van der Waals surface area contributed by atoms with E-state index in [-0.39, 0.29) is 23.0 Å². The number of nitrogens with one attached hydrogen (secondary N) is 1. The van der Waals surface area contributed by atoms with E-state index >= 15 is 0 Å². The molecule has 1 saturated heterocycles. The number of aromatic nitrogens is 5. The average molecular weight is 715 g/mol. The van der Waals surface area contributed by atoms with Crippen LogP contribution in [0, 0.1) is 0 Å².